The van der Waals surface area contributed by atoms with Gasteiger partial charge in [0.2, 0.25) is 5.91 Å². The van der Waals surface area contributed by atoms with Crippen LogP contribution < -0.4 is 0 Å². The third kappa shape index (κ3) is 4.14. The van der Waals surface area contributed by atoms with Crippen molar-refractivity contribution in [2.24, 2.45) is 5.92 Å². The van der Waals surface area contributed by atoms with E-state index in [1.54, 1.807) is 0 Å². The maximum Gasteiger partial charge on any atom is 0.240 e. The molecule has 2 fully saturated rings. The molecule has 0 saturated carbocycles. The van der Waals surface area contributed by atoms with Crippen molar-refractivity contribution in [1.29, 1.82) is 0 Å². The molecule has 0 aromatic carbocycles. The first-order valence-electron chi connectivity index (χ1n) is 9.29. The Bertz CT molecular complexity index is 519. The smallest absolute Gasteiger partial charge is 0.240 e. The molecule has 0 aliphatic carbocycles. The first-order chi connectivity index (χ1) is 11.6. The fraction of sp³-hybridized carbons (Fsp3) is 0.684. The zero-order valence-electron chi connectivity index (χ0n) is 15.0. The number of hydrogen-bond donors (Lipinski definition) is 0. The van der Waals surface area contributed by atoms with E-state index in [4.69, 9.17) is 0 Å². The van der Waals surface area contributed by atoms with Crippen molar-refractivity contribution in [2.75, 3.05) is 39.3 Å². The van der Waals surface area contributed by atoms with Gasteiger partial charge in [-0.15, -0.1) is 0 Å². The minimum atomic E-state index is 0.0687. The molecule has 1 atom stereocenters. The SMILES string of the molecule is CC(C)C(C(=O)N1CCN(Cc2ccncc2)CC1)N1CCCC1. The summed E-state index contributed by atoms with van der Waals surface area (Å²) in [5.41, 5.74) is 1.29. The standard InChI is InChI=1S/C19H30N4O/c1-16(2)18(22-9-3-4-10-22)19(24)23-13-11-21(12-14-23)15-17-5-7-20-8-6-17/h5-8,16,18H,3-4,9-15H2,1-2H3. The van der Waals surface area contributed by atoms with Gasteiger partial charge in [0.25, 0.3) is 0 Å². The molecule has 132 valence electrons. The summed E-state index contributed by atoms with van der Waals surface area (Å²) < 4.78 is 0. The number of likely N-dealkylation sites (tertiary alicyclic amines) is 1. The van der Waals surface area contributed by atoms with Crippen LogP contribution in [-0.4, -0.2) is 70.9 Å². The zero-order valence-corrected chi connectivity index (χ0v) is 15.0. The molecule has 0 spiro atoms. The van der Waals surface area contributed by atoms with Crippen LogP contribution >= 0.6 is 0 Å². The number of piperazine rings is 1. The molecular weight excluding hydrogens is 300 g/mol. The molecule has 0 radical (unpaired) electrons. The highest BCUT2D eigenvalue weighted by Crippen LogP contribution is 2.20. The van der Waals surface area contributed by atoms with Crippen LogP contribution in [0.4, 0.5) is 0 Å². The van der Waals surface area contributed by atoms with Gasteiger partial charge in [-0.25, -0.2) is 0 Å². The molecule has 1 aromatic heterocycles. The fourth-order valence-electron chi connectivity index (χ4n) is 3.94. The van der Waals surface area contributed by atoms with Crippen molar-refractivity contribution in [3.63, 3.8) is 0 Å². The van der Waals surface area contributed by atoms with Crippen LogP contribution in [0.25, 0.3) is 0 Å². The molecule has 3 rings (SSSR count). The number of hydrogen-bond acceptors (Lipinski definition) is 4. The van der Waals surface area contributed by atoms with Crippen LogP contribution in [0.2, 0.25) is 0 Å². The highest BCUT2D eigenvalue weighted by Gasteiger charge is 2.34. The minimum absolute atomic E-state index is 0.0687. The number of carbonyl (C=O) groups is 1. The first-order valence-corrected chi connectivity index (χ1v) is 9.29. The maximum atomic E-state index is 13.0. The van der Waals surface area contributed by atoms with Gasteiger partial charge in [-0.3, -0.25) is 19.6 Å². The lowest BCUT2D eigenvalue weighted by molar-refractivity contribution is -0.140. The third-order valence-corrected chi connectivity index (χ3v) is 5.26. The van der Waals surface area contributed by atoms with E-state index < -0.39 is 0 Å². The fourth-order valence-corrected chi connectivity index (χ4v) is 3.94. The van der Waals surface area contributed by atoms with E-state index in [0.717, 1.165) is 45.8 Å². The second-order valence-corrected chi connectivity index (χ2v) is 7.39. The molecule has 0 bridgehead atoms. The number of aromatic nitrogens is 1. The van der Waals surface area contributed by atoms with Gasteiger partial charge < -0.3 is 4.90 Å². The largest absolute Gasteiger partial charge is 0.339 e. The van der Waals surface area contributed by atoms with Crippen LogP contribution in [0.3, 0.4) is 0 Å². The summed E-state index contributed by atoms with van der Waals surface area (Å²) >= 11 is 0. The van der Waals surface area contributed by atoms with Gasteiger partial charge in [0.1, 0.15) is 0 Å². The van der Waals surface area contributed by atoms with Gasteiger partial charge in [-0.1, -0.05) is 13.8 Å². The summed E-state index contributed by atoms with van der Waals surface area (Å²) in [6.45, 7) is 11.1. The van der Waals surface area contributed by atoms with Crippen LogP contribution in [0.15, 0.2) is 24.5 Å². The molecule has 24 heavy (non-hydrogen) atoms. The second kappa shape index (κ2) is 8.08. The second-order valence-electron chi connectivity index (χ2n) is 7.39. The highest BCUT2D eigenvalue weighted by molar-refractivity contribution is 5.82. The predicted molar refractivity (Wildman–Crippen MR) is 95.5 cm³/mol. The van der Waals surface area contributed by atoms with Crippen LogP contribution in [0, 0.1) is 5.92 Å². The summed E-state index contributed by atoms with van der Waals surface area (Å²) in [6, 6.07) is 4.21. The highest BCUT2D eigenvalue weighted by atomic mass is 16.2. The van der Waals surface area contributed by atoms with E-state index in [1.807, 2.05) is 12.4 Å². The van der Waals surface area contributed by atoms with E-state index in [-0.39, 0.29) is 6.04 Å². The lowest BCUT2D eigenvalue weighted by Gasteiger charge is -2.39. The minimum Gasteiger partial charge on any atom is -0.339 e. The van der Waals surface area contributed by atoms with Crippen LogP contribution in [0.5, 0.6) is 0 Å². The molecule has 0 N–H and O–H groups in total. The molecule has 1 aromatic rings. The van der Waals surface area contributed by atoms with E-state index in [1.165, 1.54) is 18.4 Å². The van der Waals surface area contributed by atoms with Gasteiger partial charge in [0.15, 0.2) is 0 Å². The molecular formula is C19H30N4O. The van der Waals surface area contributed by atoms with Gasteiger partial charge in [0, 0.05) is 45.1 Å². The Balaban J connectivity index is 1.54. The predicted octanol–water partition coefficient (Wildman–Crippen LogP) is 1.85. The molecule has 2 aliphatic heterocycles. The average molecular weight is 330 g/mol. The van der Waals surface area contributed by atoms with Gasteiger partial charge in [-0.2, -0.15) is 0 Å². The third-order valence-electron chi connectivity index (χ3n) is 5.26. The topological polar surface area (TPSA) is 39.7 Å². The molecule has 1 amide bonds. The summed E-state index contributed by atoms with van der Waals surface area (Å²) in [5, 5.41) is 0. The Labute approximate surface area is 145 Å². The number of amides is 1. The van der Waals surface area contributed by atoms with Crippen molar-refractivity contribution >= 4 is 5.91 Å². The lowest BCUT2D eigenvalue weighted by Crippen LogP contribution is -2.55. The zero-order chi connectivity index (χ0) is 16.9. The molecule has 3 heterocycles. The summed E-state index contributed by atoms with van der Waals surface area (Å²) in [6.07, 6.45) is 6.16. The first kappa shape index (κ1) is 17.4. The molecule has 2 saturated heterocycles. The number of nitrogens with zero attached hydrogens (tertiary/aromatic N) is 4. The Morgan fingerprint density at radius 3 is 2.25 bits per heavy atom. The Morgan fingerprint density at radius 2 is 1.67 bits per heavy atom. The Kier molecular flexibility index (Phi) is 5.85. The van der Waals surface area contributed by atoms with Crippen LogP contribution in [-0.2, 0) is 11.3 Å². The summed E-state index contributed by atoms with van der Waals surface area (Å²) in [5.74, 6) is 0.723. The normalized spacial score (nSPS) is 21.4. The molecule has 5 heteroatoms. The van der Waals surface area contributed by atoms with Crippen LogP contribution in [0.1, 0.15) is 32.3 Å². The van der Waals surface area contributed by atoms with E-state index >= 15 is 0 Å². The maximum absolute atomic E-state index is 13.0. The Morgan fingerprint density at radius 1 is 1.04 bits per heavy atom. The monoisotopic (exact) mass is 330 g/mol. The van der Waals surface area contributed by atoms with E-state index in [0.29, 0.717) is 11.8 Å². The van der Waals surface area contributed by atoms with E-state index in [9.17, 15) is 4.79 Å². The molecule has 1 unspecified atom stereocenters. The quantitative estimate of drug-likeness (QED) is 0.826. The van der Waals surface area contributed by atoms with Gasteiger partial charge in [0.05, 0.1) is 6.04 Å². The van der Waals surface area contributed by atoms with Crippen molar-refractivity contribution < 1.29 is 4.79 Å². The van der Waals surface area contributed by atoms with Gasteiger partial charge >= 0.3 is 0 Å². The number of carbonyl (C=O) groups excluding carboxylic acids is 1. The summed E-state index contributed by atoms with van der Waals surface area (Å²) in [7, 11) is 0. The summed E-state index contributed by atoms with van der Waals surface area (Å²) in [4.78, 5) is 24.0. The van der Waals surface area contributed by atoms with Crippen molar-refractivity contribution in [2.45, 2.75) is 39.3 Å². The average Bonchev–Trinajstić information content (AvgIpc) is 3.10. The van der Waals surface area contributed by atoms with E-state index in [2.05, 4.69) is 45.7 Å². The van der Waals surface area contributed by atoms with Crippen molar-refractivity contribution in [1.82, 2.24) is 19.7 Å². The molecule has 2 aliphatic rings. The van der Waals surface area contributed by atoms with Gasteiger partial charge in [-0.05, 0) is 49.5 Å². The lowest BCUT2D eigenvalue weighted by atomic mass is 10.0. The molecule has 5 nitrogen and oxygen atoms in total. The van der Waals surface area contributed by atoms with Crippen molar-refractivity contribution in [3.05, 3.63) is 30.1 Å². The Hall–Kier alpha value is -1.46. The number of rotatable bonds is 5. The number of pyridine rings is 1. The van der Waals surface area contributed by atoms with Crippen molar-refractivity contribution in [3.8, 4) is 0 Å².